The summed E-state index contributed by atoms with van der Waals surface area (Å²) >= 11 is 11.9. The second kappa shape index (κ2) is 11.8. The number of nitrogens with zero attached hydrogens (tertiary/aromatic N) is 2. The third-order valence-corrected chi connectivity index (χ3v) is 4.46. The van der Waals surface area contributed by atoms with Crippen molar-refractivity contribution in [3.63, 3.8) is 0 Å². The normalized spacial score (nSPS) is 11.0. The molecule has 168 valence electrons. The van der Waals surface area contributed by atoms with Crippen LogP contribution in [0.4, 0.5) is 4.79 Å². The van der Waals surface area contributed by atoms with E-state index >= 15 is 0 Å². The molecule has 7 nitrogen and oxygen atoms in total. The van der Waals surface area contributed by atoms with E-state index in [2.05, 4.69) is 10.3 Å². The summed E-state index contributed by atoms with van der Waals surface area (Å²) < 4.78 is 10.9. The molecular weight excluding hydrogens is 441 g/mol. The predicted molar refractivity (Wildman–Crippen MR) is 120 cm³/mol. The molecule has 1 heterocycles. The summed E-state index contributed by atoms with van der Waals surface area (Å²) in [5.41, 5.74) is 0.296. The van der Waals surface area contributed by atoms with E-state index in [1.807, 2.05) is 32.9 Å². The molecule has 0 spiro atoms. The molecule has 2 aromatic rings. The average Bonchev–Trinajstić information content (AvgIpc) is 2.69. The number of carbonyl (C=O) groups is 2. The lowest BCUT2D eigenvalue weighted by Crippen LogP contribution is -2.38. The third-order valence-electron chi connectivity index (χ3n) is 3.93. The smallest absolute Gasteiger partial charge is 0.410 e. The van der Waals surface area contributed by atoms with Crippen molar-refractivity contribution >= 4 is 35.2 Å². The quantitative estimate of drug-likeness (QED) is 0.539. The Hall–Kier alpha value is -2.51. The van der Waals surface area contributed by atoms with Crippen LogP contribution in [0.1, 0.15) is 32.8 Å². The zero-order chi connectivity index (χ0) is 22.9. The van der Waals surface area contributed by atoms with Gasteiger partial charge in [-0.2, -0.15) is 0 Å². The van der Waals surface area contributed by atoms with Gasteiger partial charge in [-0.15, -0.1) is 0 Å². The molecule has 2 rings (SSSR count). The number of carbonyl (C=O) groups excluding carboxylic acids is 2. The average molecular weight is 468 g/mol. The van der Waals surface area contributed by atoms with E-state index in [4.69, 9.17) is 32.7 Å². The molecule has 0 aliphatic heterocycles. The maximum absolute atomic E-state index is 12.6. The number of hydrogen-bond donors (Lipinski definition) is 1. The molecule has 0 unspecified atom stereocenters. The Morgan fingerprint density at radius 3 is 2.61 bits per heavy atom. The van der Waals surface area contributed by atoms with Crippen LogP contribution >= 0.6 is 23.2 Å². The second-order valence-electron chi connectivity index (χ2n) is 7.83. The van der Waals surface area contributed by atoms with Gasteiger partial charge >= 0.3 is 6.09 Å². The summed E-state index contributed by atoms with van der Waals surface area (Å²) in [5, 5.41) is 3.59. The molecule has 1 aromatic heterocycles. The lowest BCUT2D eigenvalue weighted by molar-refractivity contribution is -0.123. The highest BCUT2D eigenvalue weighted by Crippen LogP contribution is 2.27. The van der Waals surface area contributed by atoms with E-state index < -0.39 is 11.7 Å². The summed E-state index contributed by atoms with van der Waals surface area (Å²) in [6, 6.07) is 8.49. The number of benzene rings is 1. The van der Waals surface area contributed by atoms with Gasteiger partial charge in [-0.05, 0) is 57.0 Å². The van der Waals surface area contributed by atoms with Crippen LogP contribution in [0.15, 0.2) is 42.7 Å². The first-order valence-corrected chi connectivity index (χ1v) is 10.6. The van der Waals surface area contributed by atoms with Crippen molar-refractivity contribution in [2.45, 2.75) is 39.3 Å². The zero-order valence-corrected chi connectivity index (χ0v) is 19.4. The SMILES string of the molecule is CC(C)(C)OC(=O)N(CCCNC(=O)COc1ccc(Cl)cc1Cl)Cc1cccnc1. The Labute approximate surface area is 192 Å². The monoisotopic (exact) mass is 467 g/mol. The van der Waals surface area contributed by atoms with E-state index in [1.165, 1.54) is 0 Å². The number of halogens is 2. The highest BCUT2D eigenvalue weighted by molar-refractivity contribution is 6.35. The summed E-state index contributed by atoms with van der Waals surface area (Å²) in [4.78, 5) is 30.3. The van der Waals surface area contributed by atoms with Gasteiger partial charge in [0.1, 0.15) is 11.4 Å². The minimum atomic E-state index is -0.598. The summed E-state index contributed by atoms with van der Waals surface area (Å²) in [6.45, 7) is 6.44. The number of aromatic nitrogens is 1. The van der Waals surface area contributed by atoms with Crippen LogP contribution in [0, 0.1) is 0 Å². The molecule has 31 heavy (non-hydrogen) atoms. The first-order chi connectivity index (χ1) is 14.6. The first kappa shape index (κ1) is 24.8. The van der Waals surface area contributed by atoms with Crippen molar-refractivity contribution in [3.05, 3.63) is 58.3 Å². The Kier molecular flexibility index (Phi) is 9.40. The Balaban J connectivity index is 1.80. The van der Waals surface area contributed by atoms with Crippen molar-refractivity contribution in [2.75, 3.05) is 19.7 Å². The van der Waals surface area contributed by atoms with Gasteiger partial charge in [0.2, 0.25) is 0 Å². The molecule has 0 fully saturated rings. The zero-order valence-electron chi connectivity index (χ0n) is 17.9. The van der Waals surface area contributed by atoms with Gasteiger partial charge in [0.25, 0.3) is 5.91 Å². The molecule has 0 aliphatic carbocycles. The van der Waals surface area contributed by atoms with Crippen molar-refractivity contribution in [1.82, 2.24) is 15.2 Å². The molecule has 0 bridgehead atoms. The lowest BCUT2D eigenvalue weighted by Gasteiger charge is -2.27. The molecule has 9 heteroatoms. The number of hydrogen-bond acceptors (Lipinski definition) is 5. The van der Waals surface area contributed by atoms with Gasteiger partial charge in [0.15, 0.2) is 6.61 Å². The summed E-state index contributed by atoms with van der Waals surface area (Å²) in [6.07, 6.45) is 3.52. The minimum Gasteiger partial charge on any atom is -0.482 e. The van der Waals surface area contributed by atoms with E-state index in [-0.39, 0.29) is 12.5 Å². The number of nitrogens with one attached hydrogen (secondary N) is 1. The molecule has 0 atom stereocenters. The van der Waals surface area contributed by atoms with Crippen molar-refractivity contribution in [1.29, 1.82) is 0 Å². The van der Waals surface area contributed by atoms with Gasteiger partial charge < -0.3 is 19.7 Å². The van der Waals surface area contributed by atoms with Gasteiger partial charge in [-0.25, -0.2) is 4.79 Å². The number of rotatable bonds is 9. The largest absolute Gasteiger partial charge is 0.482 e. The molecule has 2 amide bonds. The fraction of sp³-hybridized carbons (Fsp3) is 0.409. The van der Waals surface area contributed by atoms with E-state index in [9.17, 15) is 9.59 Å². The standard InChI is InChI=1S/C22H27Cl2N3O4/c1-22(2,3)31-21(29)27(14-16-6-4-9-25-13-16)11-5-10-26-20(28)15-30-19-8-7-17(23)12-18(19)24/h4,6-9,12-13H,5,10-11,14-15H2,1-3H3,(H,26,28). The van der Waals surface area contributed by atoms with Crippen LogP contribution in [0.5, 0.6) is 5.75 Å². The molecular formula is C22H27Cl2N3O4. The van der Waals surface area contributed by atoms with Gasteiger partial charge in [-0.1, -0.05) is 29.3 Å². The van der Waals surface area contributed by atoms with Crippen LogP contribution in [-0.4, -0.2) is 47.2 Å². The summed E-state index contributed by atoms with van der Waals surface area (Å²) in [5.74, 6) is 0.0934. The molecule has 0 saturated carbocycles. The van der Waals surface area contributed by atoms with Gasteiger partial charge in [-0.3, -0.25) is 9.78 Å². The van der Waals surface area contributed by atoms with E-state index in [1.54, 1.807) is 35.5 Å². The molecule has 1 N–H and O–H groups in total. The van der Waals surface area contributed by atoms with Crippen LogP contribution in [0.25, 0.3) is 0 Å². The van der Waals surface area contributed by atoms with E-state index in [0.717, 1.165) is 5.56 Å². The molecule has 0 saturated heterocycles. The first-order valence-electron chi connectivity index (χ1n) is 9.85. The fourth-order valence-electron chi connectivity index (χ4n) is 2.56. The number of ether oxygens (including phenoxy) is 2. The third kappa shape index (κ3) is 9.44. The Morgan fingerprint density at radius 2 is 1.97 bits per heavy atom. The highest BCUT2D eigenvalue weighted by atomic mass is 35.5. The number of pyridine rings is 1. The van der Waals surface area contributed by atoms with Crippen LogP contribution in [0.3, 0.4) is 0 Å². The van der Waals surface area contributed by atoms with Crippen LogP contribution in [0.2, 0.25) is 10.0 Å². The van der Waals surface area contributed by atoms with Gasteiger partial charge in [0.05, 0.1) is 11.6 Å². The summed E-state index contributed by atoms with van der Waals surface area (Å²) in [7, 11) is 0. The van der Waals surface area contributed by atoms with E-state index in [0.29, 0.717) is 41.8 Å². The van der Waals surface area contributed by atoms with Crippen molar-refractivity contribution in [2.24, 2.45) is 0 Å². The number of amides is 2. The van der Waals surface area contributed by atoms with Gasteiger partial charge in [0, 0.05) is 30.5 Å². The topological polar surface area (TPSA) is 80.8 Å². The molecule has 0 radical (unpaired) electrons. The van der Waals surface area contributed by atoms with Crippen molar-refractivity contribution < 1.29 is 19.1 Å². The Bertz CT molecular complexity index is 873. The fourth-order valence-corrected chi connectivity index (χ4v) is 3.02. The predicted octanol–water partition coefficient (Wildman–Crippen LogP) is 4.71. The van der Waals surface area contributed by atoms with Crippen molar-refractivity contribution in [3.8, 4) is 5.75 Å². The molecule has 1 aromatic carbocycles. The maximum atomic E-state index is 12.6. The van der Waals surface area contributed by atoms with Crippen LogP contribution in [-0.2, 0) is 16.1 Å². The second-order valence-corrected chi connectivity index (χ2v) is 8.67. The van der Waals surface area contributed by atoms with Crippen LogP contribution < -0.4 is 10.1 Å². The maximum Gasteiger partial charge on any atom is 0.410 e. The minimum absolute atomic E-state index is 0.174. The Morgan fingerprint density at radius 1 is 1.19 bits per heavy atom. The molecule has 0 aliphatic rings. The highest BCUT2D eigenvalue weighted by Gasteiger charge is 2.22. The lowest BCUT2D eigenvalue weighted by atomic mass is 10.2.